The van der Waals surface area contributed by atoms with Crippen LogP contribution in [-0.4, -0.2) is 23.4 Å². The predicted octanol–water partition coefficient (Wildman–Crippen LogP) is 4.94. The minimum Gasteiger partial charge on any atom is -0.336 e. The second-order valence-electron chi connectivity index (χ2n) is 5.25. The quantitative estimate of drug-likeness (QED) is 0.737. The lowest BCUT2D eigenvalue weighted by molar-refractivity contribution is 0.0688. The Kier molecular flexibility index (Phi) is 5.18. The van der Waals surface area contributed by atoms with Crippen molar-refractivity contribution in [3.05, 3.63) is 35.2 Å². The number of amides is 1. The van der Waals surface area contributed by atoms with Gasteiger partial charge in [-0.15, -0.1) is 11.3 Å². The zero-order chi connectivity index (χ0) is 14.5. The summed E-state index contributed by atoms with van der Waals surface area (Å²) < 4.78 is 1.19. The minimum atomic E-state index is 0.185. The van der Waals surface area contributed by atoms with Crippen LogP contribution in [0.25, 0.3) is 10.1 Å². The summed E-state index contributed by atoms with van der Waals surface area (Å²) in [5.74, 6) is 0.185. The second kappa shape index (κ2) is 6.89. The zero-order valence-corrected chi connectivity index (χ0v) is 13.4. The second-order valence-corrected chi connectivity index (χ2v) is 6.17. The molecule has 108 valence electrons. The smallest absolute Gasteiger partial charge is 0.255 e. The Balaban J connectivity index is 2.31. The number of rotatable bonds is 6. The number of benzene rings is 1. The average molecular weight is 289 g/mol. The van der Waals surface area contributed by atoms with Crippen LogP contribution < -0.4 is 0 Å². The molecular weight excluding hydrogens is 266 g/mol. The Morgan fingerprint density at radius 3 is 2.75 bits per heavy atom. The fraction of sp³-hybridized carbons (Fsp3) is 0.471. The third-order valence-corrected chi connectivity index (χ3v) is 4.81. The molecule has 0 N–H and O–H groups in total. The molecule has 1 aromatic heterocycles. The third kappa shape index (κ3) is 3.04. The van der Waals surface area contributed by atoms with Crippen molar-refractivity contribution in [3.63, 3.8) is 0 Å². The number of nitrogens with zero attached hydrogens (tertiary/aromatic N) is 1. The van der Waals surface area contributed by atoms with Crippen LogP contribution in [0.1, 0.15) is 50.4 Å². The number of fused-ring (bicyclic) bond motifs is 1. The van der Waals surface area contributed by atoms with Crippen molar-refractivity contribution in [3.8, 4) is 0 Å². The van der Waals surface area contributed by atoms with Crippen LogP contribution in [0.3, 0.4) is 0 Å². The van der Waals surface area contributed by atoms with Crippen LogP contribution in [0, 0.1) is 0 Å². The van der Waals surface area contributed by atoms with Gasteiger partial charge in [0.1, 0.15) is 0 Å². The zero-order valence-electron chi connectivity index (χ0n) is 12.6. The van der Waals surface area contributed by atoms with E-state index in [9.17, 15) is 4.79 Å². The van der Waals surface area contributed by atoms with Crippen LogP contribution in [0.5, 0.6) is 0 Å². The van der Waals surface area contributed by atoms with E-state index in [1.807, 2.05) is 28.5 Å². The molecule has 2 rings (SSSR count). The molecule has 20 heavy (non-hydrogen) atoms. The highest BCUT2D eigenvalue weighted by Crippen LogP contribution is 2.27. The van der Waals surface area contributed by atoms with Crippen molar-refractivity contribution in [2.45, 2.75) is 46.1 Å². The van der Waals surface area contributed by atoms with E-state index in [0.29, 0.717) is 6.04 Å². The van der Waals surface area contributed by atoms with E-state index in [2.05, 4.69) is 26.8 Å². The van der Waals surface area contributed by atoms with Gasteiger partial charge in [0.25, 0.3) is 5.91 Å². The molecule has 0 saturated carbocycles. The van der Waals surface area contributed by atoms with Gasteiger partial charge in [0.15, 0.2) is 0 Å². The monoisotopic (exact) mass is 289 g/mol. The van der Waals surface area contributed by atoms with E-state index in [4.69, 9.17) is 0 Å². The van der Waals surface area contributed by atoms with Gasteiger partial charge in [-0.05, 0) is 25.8 Å². The molecule has 3 heteroatoms. The predicted molar refractivity (Wildman–Crippen MR) is 87.5 cm³/mol. The Labute approximate surface area is 125 Å². The topological polar surface area (TPSA) is 20.3 Å². The molecule has 1 amide bonds. The van der Waals surface area contributed by atoms with Crippen molar-refractivity contribution in [1.82, 2.24) is 4.90 Å². The van der Waals surface area contributed by atoms with Crippen molar-refractivity contribution >= 4 is 27.3 Å². The first kappa shape index (κ1) is 15.0. The highest BCUT2D eigenvalue weighted by molar-refractivity contribution is 7.17. The molecule has 0 bridgehead atoms. The molecule has 1 unspecified atom stereocenters. The lowest BCUT2D eigenvalue weighted by atomic mass is 10.1. The van der Waals surface area contributed by atoms with Gasteiger partial charge in [-0.2, -0.15) is 0 Å². The van der Waals surface area contributed by atoms with Crippen molar-refractivity contribution in [1.29, 1.82) is 0 Å². The van der Waals surface area contributed by atoms with Gasteiger partial charge < -0.3 is 4.90 Å². The number of carbonyl (C=O) groups is 1. The maximum Gasteiger partial charge on any atom is 0.255 e. The SMILES string of the molecule is CCCCN(C(=O)c1csc2ccccc12)C(C)CC. The van der Waals surface area contributed by atoms with Gasteiger partial charge in [-0.25, -0.2) is 0 Å². The summed E-state index contributed by atoms with van der Waals surface area (Å²) in [6.07, 6.45) is 3.18. The molecule has 2 nitrogen and oxygen atoms in total. The van der Waals surface area contributed by atoms with Gasteiger partial charge in [-0.1, -0.05) is 38.5 Å². The third-order valence-electron chi connectivity index (χ3n) is 3.85. The lowest BCUT2D eigenvalue weighted by Gasteiger charge is -2.28. The van der Waals surface area contributed by atoms with Crippen LogP contribution >= 0.6 is 11.3 Å². The number of hydrogen-bond donors (Lipinski definition) is 0. The molecule has 0 saturated heterocycles. The molecule has 0 aliphatic carbocycles. The number of carbonyl (C=O) groups excluding carboxylic acids is 1. The molecule has 2 aromatic rings. The molecule has 1 aromatic carbocycles. The highest BCUT2D eigenvalue weighted by atomic mass is 32.1. The average Bonchev–Trinajstić information content (AvgIpc) is 2.91. The van der Waals surface area contributed by atoms with Gasteiger partial charge in [0.05, 0.1) is 5.56 Å². The molecule has 1 atom stereocenters. The van der Waals surface area contributed by atoms with Gasteiger partial charge in [0.2, 0.25) is 0 Å². The molecular formula is C17H23NOS. The largest absolute Gasteiger partial charge is 0.336 e. The number of hydrogen-bond acceptors (Lipinski definition) is 2. The molecule has 0 fully saturated rings. The molecule has 0 radical (unpaired) electrons. The lowest BCUT2D eigenvalue weighted by Crippen LogP contribution is -2.38. The summed E-state index contributed by atoms with van der Waals surface area (Å²) in [5.41, 5.74) is 0.863. The van der Waals surface area contributed by atoms with Crippen LogP contribution in [-0.2, 0) is 0 Å². The van der Waals surface area contributed by atoms with E-state index in [0.717, 1.165) is 36.8 Å². The first-order chi connectivity index (χ1) is 9.69. The molecule has 0 aliphatic heterocycles. The van der Waals surface area contributed by atoms with E-state index < -0.39 is 0 Å². The van der Waals surface area contributed by atoms with E-state index in [-0.39, 0.29) is 5.91 Å². The molecule has 0 aliphatic rings. The first-order valence-electron chi connectivity index (χ1n) is 7.46. The van der Waals surface area contributed by atoms with Gasteiger partial charge in [-0.3, -0.25) is 4.79 Å². The van der Waals surface area contributed by atoms with E-state index in [1.165, 1.54) is 4.70 Å². The number of unbranched alkanes of at least 4 members (excludes halogenated alkanes) is 1. The summed E-state index contributed by atoms with van der Waals surface area (Å²) in [4.78, 5) is 14.9. The fourth-order valence-corrected chi connectivity index (χ4v) is 3.30. The minimum absolute atomic E-state index is 0.185. The fourth-order valence-electron chi connectivity index (χ4n) is 2.37. The standard InChI is InChI=1S/C17H23NOS/c1-4-6-11-18(13(3)5-2)17(19)15-12-20-16-10-8-7-9-14(15)16/h7-10,12-13H,4-6,11H2,1-3H3. The summed E-state index contributed by atoms with van der Waals surface area (Å²) in [7, 11) is 0. The Hall–Kier alpha value is -1.35. The summed E-state index contributed by atoms with van der Waals surface area (Å²) >= 11 is 1.66. The summed E-state index contributed by atoms with van der Waals surface area (Å²) in [6.45, 7) is 7.30. The summed E-state index contributed by atoms with van der Waals surface area (Å²) in [6, 6.07) is 8.46. The Bertz CT molecular complexity index is 575. The number of thiophene rings is 1. The normalized spacial score (nSPS) is 12.6. The first-order valence-corrected chi connectivity index (χ1v) is 8.34. The van der Waals surface area contributed by atoms with Crippen molar-refractivity contribution < 1.29 is 4.79 Å². The highest BCUT2D eigenvalue weighted by Gasteiger charge is 2.22. The summed E-state index contributed by atoms with van der Waals surface area (Å²) in [5, 5.41) is 3.10. The Morgan fingerprint density at radius 1 is 1.30 bits per heavy atom. The van der Waals surface area contributed by atoms with Crippen LogP contribution in [0.15, 0.2) is 29.6 Å². The van der Waals surface area contributed by atoms with Crippen molar-refractivity contribution in [2.75, 3.05) is 6.54 Å². The Morgan fingerprint density at radius 2 is 2.05 bits per heavy atom. The maximum atomic E-state index is 12.9. The molecule has 0 spiro atoms. The van der Waals surface area contributed by atoms with Crippen LogP contribution in [0.2, 0.25) is 0 Å². The van der Waals surface area contributed by atoms with E-state index >= 15 is 0 Å². The molecule has 1 heterocycles. The van der Waals surface area contributed by atoms with Crippen LogP contribution in [0.4, 0.5) is 0 Å². The maximum absolute atomic E-state index is 12.9. The van der Waals surface area contributed by atoms with E-state index in [1.54, 1.807) is 11.3 Å². The van der Waals surface area contributed by atoms with Crippen molar-refractivity contribution in [2.24, 2.45) is 0 Å². The van der Waals surface area contributed by atoms with Gasteiger partial charge >= 0.3 is 0 Å². The van der Waals surface area contributed by atoms with Gasteiger partial charge in [0, 0.05) is 28.1 Å².